The molecule has 2 bridgehead atoms. The molecule has 0 aromatic rings. The number of aliphatic hydroxyl groups is 1. The van der Waals surface area contributed by atoms with Gasteiger partial charge in [-0.3, -0.25) is 0 Å². The smallest absolute Gasteiger partial charge is 0.176 e. The molecule has 74 valence electrons. The molecular formula is C10H16O3. The second-order valence-corrected chi connectivity index (χ2v) is 4.46. The number of aliphatic hydroxyl groups excluding tert-OH is 1. The standard InChI is InChI=1S/C10H16O3/c11-9-6-7-2-1-3-8(9)10(7)12-4-5-13-10/h7-9,11H,1-6H2/t7-,8+,9-/m1/s1. The third-order valence-corrected chi connectivity index (χ3v) is 3.88. The van der Waals surface area contributed by atoms with Crippen molar-refractivity contribution >= 4 is 0 Å². The first-order valence-electron chi connectivity index (χ1n) is 5.29. The predicted molar refractivity (Wildman–Crippen MR) is 46.1 cm³/mol. The first-order chi connectivity index (χ1) is 6.33. The van der Waals surface area contributed by atoms with Crippen molar-refractivity contribution in [2.75, 3.05) is 13.2 Å². The Labute approximate surface area is 78.0 Å². The van der Waals surface area contributed by atoms with Crippen molar-refractivity contribution in [3.63, 3.8) is 0 Å². The number of hydrogen-bond donors (Lipinski definition) is 1. The predicted octanol–water partition coefficient (Wildman–Crippen LogP) is 0.910. The molecule has 1 saturated heterocycles. The van der Waals surface area contributed by atoms with Crippen molar-refractivity contribution < 1.29 is 14.6 Å². The molecule has 0 amide bonds. The van der Waals surface area contributed by atoms with Crippen molar-refractivity contribution in [1.82, 2.24) is 0 Å². The van der Waals surface area contributed by atoms with Crippen LogP contribution >= 0.6 is 0 Å². The summed E-state index contributed by atoms with van der Waals surface area (Å²) in [6.45, 7) is 1.42. The van der Waals surface area contributed by atoms with Crippen LogP contribution in [0.5, 0.6) is 0 Å². The molecule has 1 aliphatic heterocycles. The van der Waals surface area contributed by atoms with Crippen LogP contribution in [0, 0.1) is 11.8 Å². The van der Waals surface area contributed by atoms with Crippen molar-refractivity contribution in [1.29, 1.82) is 0 Å². The Kier molecular flexibility index (Phi) is 1.70. The average molecular weight is 184 g/mol. The lowest BCUT2D eigenvalue weighted by Gasteiger charge is -2.38. The molecule has 3 atom stereocenters. The summed E-state index contributed by atoms with van der Waals surface area (Å²) in [5.74, 6) is 0.315. The van der Waals surface area contributed by atoms with Crippen LogP contribution in [0.15, 0.2) is 0 Å². The molecule has 1 spiro atoms. The summed E-state index contributed by atoms with van der Waals surface area (Å²) in [4.78, 5) is 0. The van der Waals surface area contributed by atoms with Gasteiger partial charge >= 0.3 is 0 Å². The summed E-state index contributed by atoms with van der Waals surface area (Å²) in [5.41, 5.74) is 0. The van der Waals surface area contributed by atoms with E-state index in [4.69, 9.17) is 9.47 Å². The molecule has 2 saturated carbocycles. The van der Waals surface area contributed by atoms with Gasteiger partial charge in [-0.05, 0) is 19.3 Å². The van der Waals surface area contributed by atoms with Crippen molar-refractivity contribution in [3.8, 4) is 0 Å². The summed E-state index contributed by atoms with van der Waals surface area (Å²) in [5, 5.41) is 9.86. The fraction of sp³-hybridized carbons (Fsp3) is 1.00. The van der Waals surface area contributed by atoms with Gasteiger partial charge in [-0.2, -0.15) is 0 Å². The second-order valence-electron chi connectivity index (χ2n) is 4.46. The first kappa shape index (κ1) is 8.21. The molecule has 3 aliphatic rings. The quantitative estimate of drug-likeness (QED) is 0.608. The molecule has 0 aromatic carbocycles. The monoisotopic (exact) mass is 184 g/mol. The highest BCUT2D eigenvalue weighted by Gasteiger charge is 2.60. The highest BCUT2D eigenvalue weighted by Crippen LogP contribution is 2.53. The van der Waals surface area contributed by atoms with Crippen LogP contribution in [-0.4, -0.2) is 30.2 Å². The van der Waals surface area contributed by atoms with E-state index in [2.05, 4.69) is 0 Å². The Balaban J connectivity index is 1.94. The van der Waals surface area contributed by atoms with Gasteiger partial charge in [-0.25, -0.2) is 0 Å². The fourth-order valence-corrected chi connectivity index (χ4v) is 3.38. The Morgan fingerprint density at radius 3 is 2.62 bits per heavy atom. The molecule has 3 heteroatoms. The normalized spacial score (nSPS) is 47.3. The third kappa shape index (κ3) is 0.953. The summed E-state index contributed by atoms with van der Waals surface area (Å²) in [6.07, 6.45) is 4.14. The molecule has 1 N–H and O–H groups in total. The van der Waals surface area contributed by atoms with E-state index in [9.17, 15) is 5.11 Å². The van der Waals surface area contributed by atoms with Crippen LogP contribution < -0.4 is 0 Å². The summed E-state index contributed by atoms with van der Waals surface area (Å²) < 4.78 is 11.5. The van der Waals surface area contributed by atoms with Gasteiger partial charge < -0.3 is 14.6 Å². The zero-order valence-electron chi connectivity index (χ0n) is 7.74. The lowest BCUT2D eigenvalue weighted by molar-refractivity contribution is -0.228. The van der Waals surface area contributed by atoms with Crippen LogP contribution in [-0.2, 0) is 9.47 Å². The van der Waals surface area contributed by atoms with Gasteiger partial charge in [-0.15, -0.1) is 0 Å². The summed E-state index contributed by atoms with van der Waals surface area (Å²) in [7, 11) is 0. The molecule has 1 heterocycles. The van der Waals surface area contributed by atoms with Gasteiger partial charge in [0.2, 0.25) is 0 Å². The number of ether oxygens (including phenoxy) is 2. The van der Waals surface area contributed by atoms with Crippen LogP contribution in [0.2, 0.25) is 0 Å². The lowest BCUT2D eigenvalue weighted by atomic mass is 9.82. The minimum absolute atomic E-state index is 0.189. The second kappa shape index (κ2) is 2.69. The maximum atomic E-state index is 9.86. The van der Waals surface area contributed by atoms with Crippen molar-refractivity contribution in [2.24, 2.45) is 11.8 Å². The van der Waals surface area contributed by atoms with E-state index < -0.39 is 0 Å². The van der Waals surface area contributed by atoms with E-state index in [-0.39, 0.29) is 17.8 Å². The molecule has 0 aromatic heterocycles. The molecule has 13 heavy (non-hydrogen) atoms. The Hall–Kier alpha value is -0.120. The van der Waals surface area contributed by atoms with E-state index >= 15 is 0 Å². The lowest BCUT2D eigenvalue weighted by Crippen LogP contribution is -2.45. The van der Waals surface area contributed by atoms with Crippen LogP contribution in [0.1, 0.15) is 25.7 Å². The summed E-state index contributed by atoms with van der Waals surface area (Å²) >= 11 is 0. The molecule has 2 aliphatic carbocycles. The van der Waals surface area contributed by atoms with Gasteiger partial charge in [0.1, 0.15) is 0 Å². The molecule has 3 rings (SSSR count). The third-order valence-electron chi connectivity index (χ3n) is 3.88. The SMILES string of the molecule is O[C@@H]1C[C@H]2CCC[C@@H]1C21OCCO1. The largest absolute Gasteiger partial charge is 0.393 e. The highest BCUT2D eigenvalue weighted by atomic mass is 16.7. The van der Waals surface area contributed by atoms with E-state index in [1.54, 1.807) is 0 Å². The fourth-order valence-electron chi connectivity index (χ4n) is 3.38. The minimum Gasteiger partial charge on any atom is -0.393 e. The number of rotatable bonds is 0. The minimum atomic E-state index is -0.377. The Morgan fingerprint density at radius 1 is 1.15 bits per heavy atom. The van der Waals surface area contributed by atoms with E-state index in [0.29, 0.717) is 19.1 Å². The van der Waals surface area contributed by atoms with E-state index in [0.717, 1.165) is 19.3 Å². The van der Waals surface area contributed by atoms with Crippen molar-refractivity contribution in [3.05, 3.63) is 0 Å². The number of hydrogen-bond acceptors (Lipinski definition) is 3. The molecular weight excluding hydrogens is 168 g/mol. The average Bonchev–Trinajstić information content (AvgIpc) is 2.62. The first-order valence-corrected chi connectivity index (χ1v) is 5.29. The van der Waals surface area contributed by atoms with Gasteiger partial charge in [0.25, 0.3) is 0 Å². The zero-order valence-corrected chi connectivity index (χ0v) is 7.74. The van der Waals surface area contributed by atoms with Gasteiger partial charge in [0.05, 0.1) is 19.3 Å². The van der Waals surface area contributed by atoms with E-state index in [1.165, 1.54) is 6.42 Å². The Morgan fingerprint density at radius 2 is 1.92 bits per heavy atom. The highest BCUT2D eigenvalue weighted by molar-refractivity contribution is 5.02. The maximum absolute atomic E-state index is 9.86. The molecule has 0 radical (unpaired) electrons. The summed E-state index contributed by atoms with van der Waals surface area (Å²) in [6, 6.07) is 0. The van der Waals surface area contributed by atoms with Gasteiger partial charge in [-0.1, -0.05) is 6.42 Å². The van der Waals surface area contributed by atoms with Gasteiger partial charge in [0.15, 0.2) is 5.79 Å². The van der Waals surface area contributed by atoms with Crippen LogP contribution in [0.3, 0.4) is 0 Å². The van der Waals surface area contributed by atoms with E-state index in [1.807, 2.05) is 0 Å². The molecule has 3 fully saturated rings. The molecule has 0 unspecified atom stereocenters. The Bertz CT molecular complexity index is 210. The zero-order chi connectivity index (χ0) is 8.89. The van der Waals surface area contributed by atoms with Crippen LogP contribution in [0.4, 0.5) is 0 Å². The topological polar surface area (TPSA) is 38.7 Å². The van der Waals surface area contributed by atoms with Gasteiger partial charge in [0, 0.05) is 11.8 Å². The van der Waals surface area contributed by atoms with Crippen LogP contribution in [0.25, 0.3) is 0 Å². The van der Waals surface area contributed by atoms with Crippen molar-refractivity contribution in [2.45, 2.75) is 37.6 Å². The maximum Gasteiger partial charge on any atom is 0.176 e. The molecule has 3 nitrogen and oxygen atoms in total.